The second kappa shape index (κ2) is 5.46. The third-order valence-electron chi connectivity index (χ3n) is 2.43. The molecule has 94 valence electrons. The van der Waals surface area contributed by atoms with E-state index in [1.165, 1.54) is 12.1 Å². The lowest BCUT2D eigenvalue weighted by Crippen LogP contribution is -2.22. The predicted molar refractivity (Wildman–Crippen MR) is 64.2 cm³/mol. The van der Waals surface area contributed by atoms with Crippen LogP contribution in [0.15, 0.2) is 40.8 Å². The van der Waals surface area contributed by atoms with Crippen LogP contribution < -0.4 is 11.1 Å². The molecule has 0 aliphatic rings. The summed E-state index contributed by atoms with van der Waals surface area (Å²) in [5.74, 6) is 0.0712. The molecule has 1 aromatic carbocycles. The number of benzene rings is 1. The fraction of sp³-hybridized carbons (Fsp3) is 0.154. The molecule has 0 unspecified atom stereocenters. The fourth-order valence-electron chi connectivity index (χ4n) is 1.53. The first-order valence-corrected chi connectivity index (χ1v) is 5.50. The van der Waals surface area contributed by atoms with Crippen LogP contribution >= 0.6 is 0 Å². The number of hydrogen-bond acceptors (Lipinski definition) is 3. The molecule has 0 spiro atoms. The summed E-state index contributed by atoms with van der Waals surface area (Å²) in [4.78, 5) is 11.7. The van der Waals surface area contributed by atoms with Gasteiger partial charge in [0.05, 0.1) is 6.54 Å². The number of furan rings is 1. The van der Waals surface area contributed by atoms with Crippen molar-refractivity contribution >= 4 is 5.91 Å². The first-order valence-electron chi connectivity index (χ1n) is 5.50. The van der Waals surface area contributed by atoms with Gasteiger partial charge >= 0.3 is 0 Å². The molecule has 0 fully saturated rings. The molecule has 4 nitrogen and oxygen atoms in total. The van der Waals surface area contributed by atoms with Gasteiger partial charge in [-0.1, -0.05) is 12.1 Å². The van der Waals surface area contributed by atoms with E-state index in [0.717, 1.165) is 0 Å². The number of hydrogen-bond donors (Lipinski definition) is 2. The number of nitrogens with one attached hydrogen (secondary N) is 1. The fourth-order valence-corrected chi connectivity index (χ4v) is 1.53. The Morgan fingerprint density at radius 2 is 2.17 bits per heavy atom. The van der Waals surface area contributed by atoms with E-state index in [0.29, 0.717) is 11.3 Å². The number of amides is 1. The van der Waals surface area contributed by atoms with E-state index in [-0.39, 0.29) is 30.6 Å². The van der Waals surface area contributed by atoms with Gasteiger partial charge in [-0.15, -0.1) is 0 Å². The van der Waals surface area contributed by atoms with Crippen LogP contribution in [0.3, 0.4) is 0 Å². The number of carbonyl (C=O) groups is 1. The summed E-state index contributed by atoms with van der Waals surface area (Å²) in [6.07, 6.45) is 0. The van der Waals surface area contributed by atoms with Crippen LogP contribution in [0.2, 0.25) is 0 Å². The van der Waals surface area contributed by atoms with Crippen molar-refractivity contribution in [1.82, 2.24) is 5.32 Å². The summed E-state index contributed by atoms with van der Waals surface area (Å²) < 4.78 is 18.1. The van der Waals surface area contributed by atoms with Gasteiger partial charge in [-0.05, 0) is 29.8 Å². The van der Waals surface area contributed by atoms with Crippen molar-refractivity contribution in [3.63, 3.8) is 0 Å². The van der Waals surface area contributed by atoms with Crippen molar-refractivity contribution in [3.8, 4) is 0 Å². The zero-order valence-corrected chi connectivity index (χ0v) is 9.65. The van der Waals surface area contributed by atoms with Gasteiger partial charge in [0.2, 0.25) is 0 Å². The summed E-state index contributed by atoms with van der Waals surface area (Å²) in [5.41, 5.74) is 6.07. The highest BCUT2D eigenvalue weighted by molar-refractivity contribution is 5.91. The molecule has 0 aliphatic heterocycles. The van der Waals surface area contributed by atoms with Gasteiger partial charge in [-0.3, -0.25) is 4.79 Å². The molecular formula is C13H13FN2O2. The summed E-state index contributed by atoms with van der Waals surface area (Å²) in [5, 5.41) is 2.64. The van der Waals surface area contributed by atoms with Gasteiger partial charge in [0.25, 0.3) is 5.91 Å². The Balaban J connectivity index is 1.96. The van der Waals surface area contributed by atoms with Crippen molar-refractivity contribution in [2.24, 2.45) is 5.73 Å². The normalized spacial score (nSPS) is 10.3. The Kier molecular flexibility index (Phi) is 3.74. The van der Waals surface area contributed by atoms with Crippen LogP contribution in [-0.4, -0.2) is 5.91 Å². The topological polar surface area (TPSA) is 68.3 Å². The molecule has 0 aliphatic carbocycles. The third kappa shape index (κ3) is 2.95. The average molecular weight is 248 g/mol. The second-order valence-corrected chi connectivity index (χ2v) is 3.78. The predicted octanol–water partition coefficient (Wildman–Crippen LogP) is 1.81. The number of carbonyl (C=O) groups excluding carboxylic acids is 1. The van der Waals surface area contributed by atoms with E-state index < -0.39 is 0 Å². The number of rotatable bonds is 4. The largest absolute Gasteiger partial charge is 0.455 e. The van der Waals surface area contributed by atoms with Gasteiger partial charge < -0.3 is 15.5 Å². The quantitative estimate of drug-likeness (QED) is 0.867. The molecule has 0 bridgehead atoms. The maximum absolute atomic E-state index is 12.9. The molecule has 1 heterocycles. The van der Waals surface area contributed by atoms with E-state index >= 15 is 0 Å². The summed E-state index contributed by atoms with van der Waals surface area (Å²) in [6, 6.07) is 9.26. The maximum Gasteiger partial charge on any atom is 0.287 e. The van der Waals surface area contributed by atoms with Crippen molar-refractivity contribution in [2.45, 2.75) is 13.1 Å². The van der Waals surface area contributed by atoms with Crippen LogP contribution in [0.4, 0.5) is 4.39 Å². The Hall–Kier alpha value is -2.14. The lowest BCUT2D eigenvalue weighted by molar-refractivity contribution is 0.0921. The van der Waals surface area contributed by atoms with Gasteiger partial charge in [-0.2, -0.15) is 0 Å². The Labute approximate surface area is 104 Å². The average Bonchev–Trinajstić information content (AvgIpc) is 2.85. The Morgan fingerprint density at radius 3 is 2.83 bits per heavy atom. The van der Waals surface area contributed by atoms with E-state index in [4.69, 9.17) is 10.2 Å². The Morgan fingerprint density at radius 1 is 1.33 bits per heavy atom. The lowest BCUT2D eigenvalue weighted by Gasteiger charge is -2.03. The third-order valence-corrected chi connectivity index (χ3v) is 2.43. The highest BCUT2D eigenvalue weighted by Gasteiger charge is 2.10. The molecule has 0 atom stereocenters. The molecule has 0 saturated heterocycles. The SMILES string of the molecule is NCc1ccc(C(=O)NCc2cccc(F)c2)o1. The molecule has 5 heteroatoms. The monoisotopic (exact) mass is 248 g/mol. The summed E-state index contributed by atoms with van der Waals surface area (Å²) >= 11 is 0. The number of halogens is 1. The van der Waals surface area contributed by atoms with Crippen molar-refractivity contribution in [1.29, 1.82) is 0 Å². The molecule has 1 amide bonds. The molecule has 2 rings (SSSR count). The summed E-state index contributed by atoms with van der Waals surface area (Å²) in [7, 11) is 0. The van der Waals surface area contributed by atoms with Gasteiger partial charge in [0.15, 0.2) is 5.76 Å². The van der Waals surface area contributed by atoms with Crippen molar-refractivity contribution in [2.75, 3.05) is 0 Å². The highest BCUT2D eigenvalue weighted by atomic mass is 19.1. The molecule has 0 saturated carbocycles. The molecule has 3 N–H and O–H groups in total. The smallest absolute Gasteiger partial charge is 0.287 e. The molecular weight excluding hydrogens is 235 g/mol. The Bertz CT molecular complexity index is 551. The zero-order chi connectivity index (χ0) is 13.0. The first-order chi connectivity index (χ1) is 8.69. The molecule has 0 radical (unpaired) electrons. The maximum atomic E-state index is 12.9. The zero-order valence-electron chi connectivity index (χ0n) is 9.65. The van der Waals surface area contributed by atoms with E-state index in [1.54, 1.807) is 24.3 Å². The second-order valence-electron chi connectivity index (χ2n) is 3.78. The van der Waals surface area contributed by atoms with Crippen molar-refractivity contribution < 1.29 is 13.6 Å². The minimum Gasteiger partial charge on any atom is -0.455 e. The molecule has 1 aromatic heterocycles. The minimum atomic E-state index is -0.348. The standard InChI is InChI=1S/C13H13FN2O2/c14-10-3-1-2-9(6-10)8-16-13(17)12-5-4-11(7-15)18-12/h1-6H,7-8,15H2,(H,16,17). The molecule has 18 heavy (non-hydrogen) atoms. The summed E-state index contributed by atoms with van der Waals surface area (Å²) in [6.45, 7) is 0.492. The van der Waals surface area contributed by atoms with Gasteiger partial charge in [0, 0.05) is 6.54 Å². The highest BCUT2D eigenvalue weighted by Crippen LogP contribution is 2.08. The number of nitrogens with two attached hydrogens (primary N) is 1. The first kappa shape index (κ1) is 12.3. The van der Waals surface area contributed by atoms with Crippen LogP contribution in [0.1, 0.15) is 21.9 Å². The van der Waals surface area contributed by atoms with E-state index in [2.05, 4.69) is 5.32 Å². The van der Waals surface area contributed by atoms with E-state index in [9.17, 15) is 9.18 Å². The van der Waals surface area contributed by atoms with E-state index in [1.807, 2.05) is 0 Å². The lowest BCUT2D eigenvalue weighted by atomic mass is 10.2. The van der Waals surface area contributed by atoms with Crippen LogP contribution in [-0.2, 0) is 13.1 Å². The minimum absolute atomic E-state index is 0.201. The van der Waals surface area contributed by atoms with Crippen molar-refractivity contribution in [3.05, 3.63) is 59.3 Å². The van der Waals surface area contributed by atoms with Crippen LogP contribution in [0.5, 0.6) is 0 Å². The molecule has 2 aromatic rings. The van der Waals surface area contributed by atoms with Gasteiger partial charge in [-0.25, -0.2) is 4.39 Å². The van der Waals surface area contributed by atoms with Crippen LogP contribution in [0.25, 0.3) is 0 Å². The van der Waals surface area contributed by atoms with Gasteiger partial charge in [0.1, 0.15) is 11.6 Å². The van der Waals surface area contributed by atoms with Crippen LogP contribution in [0, 0.1) is 5.82 Å².